The van der Waals surface area contributed by atoms with Gasteiger partial charge in [0.05, 0.1) is 38.4 Å². The Morgan fingerprint density at radius 1 is 1.30 bits per heavy atom. The Hall–Kier alpha value is -3.16. The van der Waals surface area contributed by atoms with Crippen molar-refractivity contribution >= 4 is 17.6 Å². The number of nitro groups is 1. The fraction of sp³-hybridized carbons (Fsp3) is 0.368. The van der Waals surface area contributed by atoms with E-state index in [1.165, 1.54) is 32.0 Å². The van der Waals surface area contributed by atoms with E-state index in [4.69, 9.17) is 19.1 Å². The minimum absolute atomic E-state index is 0.0805. The van der Waals surface area contributed by atoms with Crippen LogP contribution in [0.3, 0.4) is 0 Å². The summed E-state index contributed by atoms with van der Waals surface area (Å²) in [7, 11) is 1.08. The van der Waals surface area contributed by atoms with Gasteiger partial charge in [-0.1, -0.05) is 19.0 Å². The van der Waals surface area contributed by atoms with Crippen LogP contribution in [-0.4, -0.2) is 30.5 Å². The van der Waals surface area contributed by atoms with Crippen LogP contribution in [0.1, 0.15) is 48.1 Å². The molecule has 8 heteroatoms. The van der Waals surface area contributed by atoms with E-state index < -0.39 is 42.6 Å². The zero-order valence-corrected chi connectivity index (χ0v) is 14.8. The van der Waals surface area contributed by atoms with Crippen molar-refractivity contribution in [3.8, 4) is 0 Å². The largest absolute Gasteiger partial charge is 0.466 e. The molecule has 0 radical (unpaired) electrons. The second-order valence-corrected chi connectivity index (χ2v) is 5.60. The highest BCUT2D eigenvalue weighted by atomic mass is 16.6. The van der Waals surface area contributed by atoms with E-state index in [1.807, 2.05) is 0 Å². The number of allylic oxidation sites excluding steroid dienone is 2. The summed E-state index contributed by atoms with van der Waals surface area (Å²) in [6.45, 7) is -4.18. The molecule has 1 unspecified atom stereocenters. The quantitative estimate of drug-likeness (QED) is 0.458. The standard InChI is InChI=1S/C19H22N2O6/c1-5-9-27-19(23)16-12(3)20-11(2)15(18(22)26-4)17(16)13-7-6-8-14(10-13)21(24)25/h6-8,10,17,20H,5,9H2,1-4H3/i1D3,5D2,9D2. The number of nitrogens with one attached hydrogen (secondary N) is 1. The molecule has 0 fully saturated rings. The number of carbonyl (C=O) groups excluding carboxylic acids is 2. The van der Waals surface area contributed by atoms with Crippen molar-refractivity contribution in [2.45, 2.75) is 33.0 Å². The Kier molecular flexibility index (Phi) is 3.85. The average molecular weight is 381 g/mol. The average Bonchev–Trinajstić information content (AvgIpc) is 2.71. The van der Waals surface area contributed by atoms with E-state index in [0.717, 1.165) is 13.2 Å². The predicted octanol–water partition coefficient (Wildman–Crippen LogP) is 2.96. The van der Waals surface area contributed by atoms with Gasteiger partial charge in [-0.05, 0) is 25.8 Å². The molecule has 1 aromatic rings. The topological polar surface area (TPSA) is 108 Å². The zero-order chi connectivity index (χ0) is 26.2. The Bertz CT molecular complexity index is 1090. The maximum Gasteiger partial charge on any atom is 0.336 e. The van der Waals surface area contributed by atoms with Gasteiger partial charge in [0.15, 0.2) is 0 Å². The van der Waals surface area contributed by atoms with Gasteiger partial charge in [-0.3, -0.25) is 10.1 Å². The van der Waals surface area contributed by atoms with Gasteiger partial charge in [-0.15, -0.1) is 0 Å². The van der Waals surface area contributed by atoms with E-state index in [9.17, 15) is 19.7 Å². The van der Waals surface area contributed by atoms with Gasteiger partial charge in [-0.2, -0.15) is 0 Å². The molecule has 0 aromatic heterocycles. The summed E-state index contributed by atoms with van der Waals surface area (Å²) in [6.07, 6.45) is -3.58. The lowest BCUT2D eigenvalue weighted by atomic mass is 9.80. The summed E-state index contributed by atoms with van der Waals surface area (Å²) in [5.41, 5.74) is -0.426. The molecule has 144 valence electrons. The Morgan fingerprint density at radius 2 is 1.96 bits per heavy atom. The van der Waals surface area contributed by atoms with Crippen LogP contribution in [0.4, 0.5) is 5.69 Å². The van der Waals surface area contributed by atoms with Crippen LogP contribution < -0.4 is 5.32 Å². The third kappa shape index (κ3) is 4.16. The highest BCUT2D eigenvalue weighted by Crippen LogP contribution is 2.40. The van der Waals surface area contributed by atoms with E-state index in [-0.39, 0.29) is 33.8 Å². The minimum atomic E-state index is -3.60. The van der Waals surface area contributed by atoms with E-state index >= 15 is 0 Å². The second-order valence-electron chi connectivity index (χ2n) is 5.60. The molecule has 2 rings (SSSR count). The number of nitro benzene ring substituents is 1. The number of benzene rings is 1. The van der Waals surface area contributed by atoms with Crippen LogP contribution in [0.15, 0.2) is 46.8 Å². The molecule has 27 heavy (non-hydrogen) atoms. The van der Waals surface area contributed by atoms with Gasteiger partial charge in [-0.25, -0.2) is 9.59 Å². The lowest BCUT2D eigenvalue weighted by molar-refractivity contribution is -0.384. The number of rotatable bonds is 6. The van der Waals surface area contributed by atoms with Crippen molar-refractivity contribution in [3.63, 3.8) is 0 Å². The Morgan fingerprint density at radius 3 is 2.56 bits per heavy atom. The molecule has 0 saturated carbocycles. The van der Waals surface area contributed by atoms with Crippen LogP contribution >= 0.6 is 0 Å². The van der Waals surface area contributed by atoms with E-state index in [0.29, 0.717) is 0 Å². The normalized spacial score (nSPS) is 22.0. The second kappa shape index (κ2) is 8.48. The third-order valence-electron chi connectivity index (χ3n) is 3.99. The number of carbonyl (C=O) groups is 2. The molecule has 1 atom stereocenters. The van der Waals surface area contributed by atoms with Crippen LogP contribution in [0, 0.1) is 10.1 Å². The molecule has 1 N–H and O–H groups in total. The fourth-order valence-corrected chi connectivity index (χ4v) is 2.92. The molecule has 0 amide bonds. The number of dihydropyridines is 1. The maximum atomic E-state index is 13.1. The summed E-state index contributed by atoms with van der Waals surface area (Å²) in [4.78, 5) is 36.3. The van der Waals surface area contributed by atoms with Crippen LogP contribution in [-0.2, 0) is 19.1 Å². The number of ether oxygens (including phenoxy) is 2. The summed E-state index contributed by atoms with van der Waals surface area (Å²) in [5, 5.41) is 14.0. The van der Waals surface area contributed by atoms with Gasteiger partial charge in [0.1, 0.15) is 0 Å². The molecular weight excluding hydrogens is 352 g/mol. The molecule has 1 aliphatic heterocycles. The molecule has 1 aromatic carbocycles. The number of hydrogen-bond donors (Lipinski definition) is 1. The fourth-order valence-electron chi connectivity index (χ4n) is 2.92. The van der Waals surface area contributed by atoms with Crippen molar-refractivity contribution < 1.29 is 33.6 Å². The highest BCUT2D eigenvalue weighted by Gasteiger charge is 2.38. The molecule has 8 nitrogen and oxygen atoms in total. The predicted molar refractivity (Wildman–Crippen MR) is 97.6 cm³/mol. The summed E-state index contributed by atoms with van der Waals surface area (Å²) in [5.74, 6) is -3.68. The Labute approximate surface area is 166 Å². The smallest absolute Gasteiger partial charge is 0.336 e. The first kappa shape index (κ1) is 12.3. The van der Waals surface area contributed by atoms with Crippen LogP contribution in [0.2, 0.25) is 0 Å². The summed E-state index contributed by atoms with van der Waals surface area (Å²) in [6, 6.07) is 5.03. The van der Waals surface area contributed by atoms with Gasteiger partial charge in [0.2, 0.25) is 0 Å². The maximum absolute atomic E-state index is 13.1. The number of methoxy groups -OCH3 is 1. The lowest BCUT2D eigenvalue weighted by Gasteiger charge is -2.30. The van der Waals surface area contributed by atoms with Crippen molar-refractivity contribution in [2.24, 2.45) is 0 Å². The first-order valence-electron chi connectivity index (χ1n) is 11.2. The van der Waals surface area contributed by atoms with Crippen molar-refractivity contribution in [2.75, 3.05) is 13.7 Å². The summed E-state index contributed by atoms with van der Waals surface area (Å²) < 4.78 is 62.3. The summed E-state index contributed by atoms with van der Waals surface area (Å²) >= 11 is 0. The third-order valence-corrected chi connectivity index (χ3v) is 3.99. The molecule has 0 bridgehead atoms. The van der Waals surface area contributed by atoms with Gasteiger partial charge in [0.25, 0.3) is 5.69 Å². The number of nitrogens with zero attached hydrogens (tertiary/aromatic N) is 1. The van der Waals surface area contributed by atoms with E-state index in [1.54, 1.807) is 0 Å². The van der Waals surface area contributed by atoms with Gasteiger partial charge >= 0.3 is 11.9 Å². The van der Waals surface area contributed by atoms with E-state index in [2.05, 4.69) is 5.32 Å². The molecule has 1 heterocycles. The minimum Gasteiger partial charge on any atom is -0.466 e. The lowest BCUT2D eigenvalue weighted by Crippen LogP contribution is -2.32. The zero-order valence-electron chi connectivity index (χ0n) is 21.8. The molecule has 0 aliphatic carbocycles. The van der Waals surface area contributed by atoms with Crippen LogP contribution in [0.5, 0.6) is 0 Å². The molecule has 0 spiro atoms. The Balaban J connectivity index is 2.68. The van der Waals surface area contributed by atoms with Crippen molar-refractivity contribution in [3.05, 3.63) is 62.5 Å². The van der Waals surface area contributed by atoms with Gasteiger partial charge < -0.3 is 14.8 Å². The van der Waals surface area contributed by atoms with Crippen molar-refractivity contribution in [1.82, 2.24) is 5.32 Å². The van der Waals surface area contributed by atoms with Gasteiger partial charge in [0, 0.05) is 30.4 Å². The molecule has 0 saturated heterocycles. The highest BCUT2D eigenvalue weighted by molar-refractivity contribution is 5.99. The number of hydrogen-bond acceptors (Lipinski definition) is 7. The van der Waals surface area contributed by atoms with Crippen LogP contribution in [0.25, 0.3) is 0 Å². The van der Waals surface area contributed by atoms with Crippen molar-refractivity contribution in [1.29, 1.82) is 0 Å². The first-order chi connectivity index (χ1) is 15.5. The first-order valence-corrected chi connectivity index (χ1v) is 7.71. The molecular formula is C19H22N2O6. The monoisotopic (exact) mass is 381 g/mol. The SMILES string of the molecule is [2H]C([2H])([2H])C([2H])([2H])C([2H])([2H])OC(=O)C1=C(C)NC(C)=C(C(=O)OC)C1c1cccc([N+](=O)[O-])c1. The number of esters is 2. The number of non-ortho nitro benzene ring substituents is 1. The molecule has 1 aliphatic rings.